The Balaban J connectivity index is 2.68. The lowest BCUT2D eigenvalue weighted by atomic mass is 9.82. The van der Waals surface area contributed by atoms with Crippen LogP contribution in [0.25, 0.3) is 0 Å². The Hall–Kier alpha value is -1.35. The maximum absolute atomic E-state index is 12.3. The first kappa shape index (κ1) is 16.7. The third-order valence-electron chi connectivity index (χ3n) is 3.95. The second-order valence-electron chi connectivity index (χ2n) is 6.49. The van der Waals surface area contributed by atoms with E-state index < -0.39 is 0 Å². The molecule has 0 saturated heterocycles. The van der Waals surface area contributed by atoms with Crippen LogP contribution in [0.3, 0.4) is 0 Å². The average Bonchev–Trinajstić information content (AvgIpc) is 2.41. The zero-order chi connectivity index (χ0) is 15.2. The molecule has 1 aromatic carbocycles. The third kappa shape index (κ3) is 4.97. The molecule has 112 valence electrons. The number of likely N-dealkylation sites (N-methyl/N-ethyl adjacent to an activating group) is 1. The summed E-state index contributed by atoms with van der Waals surface area (Å²) in [5, 5.41) is 6.18. The molecule has 1 atom stereocenters. The maximum atomic E-state index is 12.3. The molecule has 0 saturated carbocycles. The fourth-order valence-electron chi connectivity index (χ4n) is 1.87. The molecule has 0 aliphatic heterocycles. The van der Waals surface area contributed by atoms with E-state index in [0.717, 1.165) is 24.1 Å². The van der Waals surface area contributed by atoms with Gasteiger partial charge in [0.1, 0.15) is 0 Å². The Kier molecular flexibility index (Phi) is 6.21. The number of amides is 1. The highest BCUT2D eigenvalue weighted by molar-refractivity contribution is 5.95. The average molecular weight is 276 g/mol. The first-order valence-electron chi connectivity index (χ1n) is 7.37. The van der Waals surface area contributed by atoms with Gasteiger partial charge in [0.2, 0.25) is 0 Å². The van der Waals surface area contributed by atoms with E-state index in [9.17, 15) is 4.79 Å². The van der Waals surface area contributed by atoms with Gasteiger partial charge in [-0.1, -0.05) is 45.9 Å². The summed E-state index contributed by atoms with van der Waals surface area (Å²) in [6, 6.07) is 7.84. The topological polar surface area (TPSA) is 41.1 Å². The standard InChI is InChI=1S/C17H28N2O/c1-13(17(2,3)4)12-19-16(20)15-9-7-6-8-14(15)10-11-18-5/h6-9,13,18H,10-12H2,1-5H3,(H,19,20). The van der Waals surface area contributed by atoms with Crippen LogP contribution in [0.4, 0.5) is 0 Å². The van der Waals surface area contributed by atoms with Crippen molar-refractivity contribution in [3.8, 4) is 0 Å². The summed E-state index contributed by atoms with van der Waals surface area (Å²) in [6.07, 6.45) is 0.870. The van der Waals surface area contributed by atoms with E-state index in [1.54, 1.807) is 0 Å². The summed E-state index contributed by atoms with van der Waals surface area (Å²) in [4.78, 5) is 12.3. The van der Waals surface area contributed by atoms with Gasteiger partial charge in [0.15, 0.2) is 0 Å². The number of nitrogens with one attached hydrogen (secondary N) is 2. The molecule has 3 heteroatoms. The normalized spacial score (nSPS) is 13.1. The SMILES string of the molecule is CNCCc1ccccc1C(=O)NCC(C)C(C)(C)C. The van der Waals surface area contributed by atoms with Crippen LogP contribution in [0.5, 0.6) is 0 Å². The molecule has 20 heavy (non-hydrogen) atoms. The highest BCUT2D eigenvalue weighted by atomic mass is 16.1. The molecular formula is C17H28N2O. The molecule has 0 heterocycles. The van der Waals surface area contributed by atoms with Crippen molar-refractivity contribution in [2.24, 2.45) is 11.3 Å². The second-order valence-corrected chi connectivity index (χ2v) is 6.49. The van der Waals surface area contributed by atoms with E-state index in [1.165, 1.54) is 0 Å². The van der Waals surface area contributed by atoms with E-state index in [4.69, 9.17) is 0 Å². The van der Waals surface area contributed by atoms with Crippen LogP contribution in [0, 0.1) is 11.3 Å². The van der Waals surface area contributed by atoms with Crippen LogP contribution < -0.4 is 10.6 Å². The molecule has 0 radical (unpaired) electrons. The van der Waals surface area contributed by atoms with Crippen LogP contribution in [-0.4, -0.2) is 26.0 Å². The molecule has 1 amide bonds. The van der Waals surface area contributed by atoms with Crippen molar-refractivity contribution in [3.63, 3.8) is 0 Å². The summed E-state index contributed by atoms with van der Waals surface area (Å²) in [5.74, 6) is 0.476. The molecule has 0 aromatic heterocycles. The highest BCUT2D eigenvalue weighted by Crippen LogP contribution is 2.24. The Morgan fingerprint density at radius 1 is 1.25 bits per heavy atom. The minimum absolute atomic E-state index is 0.0350. The summed E-state index contributed by atoms with van der Waals surface area (Å²) in [5.41, 5.74) is 2.10. The zero-order valence-corrected chi connectivity index (χ0v) is 13.4. The zero-order valence-electron chi connectivity index (χ0n) is 13.4. The van der Waals surface area contributed by atoms with Gasteiger partial charge in [-0.15, -0.1) is 0 Å². The minimum atomic E-state index is 0.0350. The summed E-state index contributed by atoms with van der Waals surface area (Å²) in [6.45, 7) is 10.4. The van der Waals surface area contributed by atoms with E-state index in [2.05, 4.69) is 38.3 Å². The van der Waals surface area contributed by atoms with Crippen molar-refractivity contribution in [3.05, 3.63) is 35.4 Å². The lowest BCUT2D eigenvalue weighted by molar-refractivity contribution is 0.0936. The lowest BCUT2D eigenvalue weighted by Crippen LogP contribution is -2.34. The van der Waals surface area contributed by atoms with Gasteiger partial charge in [0.05, 0.1) is 0 Å². The maximum Gasteiger partial charge on any atom is 0.251 e. The van der Waals surface area contributed by atoms with Crippen molar-refractivity contribution >= 4 is 5.91 Å². The smallest absolute Gasteiger partial charge is 0.251 e. The summed E-state index contributed by atoms with van der Waals surface area (Å²) < 4.78 is 0. The monoisotopic (exact) mass is 276 g/mol. The lowest BCUT2D eigenvalue weighted by Gasteiger charge is -2.27. The minimum Gasteiger partial charge on any atom is -0.352 e. The predicted molar refractivity (Wildman–Crippen MR) is 85.0 cm³/mol. The van der Waals surface area contributed by atoms with Crippen molar-refractivity contribution in [1.29, 1.82) is 0 Å². The van der Waals surface area contributed by atoms with E-state index >= 15 is 0 Å². The fraction of sp³-hybridized carbons (Fsp3) is 0.588. The quantitative estimate of drug-likeness (QED) is 0.839. The summed E-state index contributed by atoms with van der Waals surface area (Å²) in [7, 11) is 1.92. The van der Waals surface area contributed by atoms with Gasteiger partial charge in [-0.3, -0.25) is 4.79 Å². The Labute approximate surface area is 123 Å². The number of hydrogen-bond donors (Lipinski definition) is 2. The largest absolute Gasteiger partial charge is 0.352 e. The Bertz CT molecular complexity index is 435. The predicted octanol–water partition coefficient (Wildman–Crippen LogP) is 2.86. The Morgan fingerprint density at radius 2 is 1.90 bits per heavy atom. The number of rotatable bonds is 6. The molecule has 1 aromatic rings. The molecular weight excluding hydrogens is 248 g/mol. The molecule has 0 aliphatic carbocycles. The number of carbonyl (C=O) groups excluding carboxylic acids is 1. The molecule has 2 N–H and O–H groups in total. The molecule has 0 fully saturated rings. The summed E-state index contributed by atoms with van der Waals surface area (Å²) >= 11 is 0. The van der Waals surface area contributed by atoms with E-state index in [-0.39, 0.29) is 11.3 Å². The fourth-order valence-corrected chi connectivity index (χ4v) is 1.87. The Morgan fingerprint density at radius 3 is 2.50 bits per heavy atom. The number of hydrogen-bond acceptors (Lipinski definition) is 2. The highest BCUT2D eigenvalue weighted by Gasteiger charge is 2.21. The van der Waals surface area contributed by atoms with Gasteiger partial charge in [-0.2, -0.15) is 0 Å². The molecule has 3 nitrogen and oxygen atoms in total. The van der Waals surface area contributed by atoms with Crippen molar-refractivity contribution in [2.45, 2.75) is 34.1 Å². The van der Waals surface area contributed by atoms with Gasteiger partial charge in [-0.05, 0) is 43.0 Å². The van der Waals surface area contributed by atoms with Gasteiger partial charge in [0.25, 0.3) is 5.91 Å². The van der Waals surface area contributed by atoms with E-state index in [0.29, 0.717) is 12.5 Å². The molecule has 0 bridgehead atoms. The van der Waals surface area contributed by atoms with Gasteiger partial charge in [-0.25, -0.2) is 0 Å². The third-order valence-corrected chi connectivity index (χ3v) is 3.95. The number of carbonyl (C=O) groups is 1. The van der Waals surface area contributed by atoms with Crippen molar-refractivity contribution in [1.82, 2.24) is 10.6 Å². The number of benzene rings is 1. The van der Waals surface area contributed by atoms with Crippen LogP contribution in [0.1, 0.15) is 43.6 Å². The van der Waals surface area contributed by atoms with Crippen LogP contribution in [0.2, 0.25) is 0 Å². The molecule has 0 aliphatic rings. The molecule has 0 spiro atoms. The first-order valence-corrected chi connectivity index (χ1v) is 7.37. The second kappa shape index (κ2) is 7.44. The van der Waals surface area contributed by atoms with Crippen LogP contribution in [-0.2, 0) is 6.42 Å². The first-order chi connectivity index (χ1) is 9.36. The van der Waals surface area contributed by atoms with Crippen molar-refractivity contribution in [2.75, 3.05) is 20.1 Å². The van der Waals surface area contributed by atoms with E-state index in [1.807, 2.05) is 31.3 Å². The van der Waals surface area contributed by atoms with Crippen molar-refractivity contribution < 1.29 is 4.79 Å². The van der Waals surface area contributed by atoms with Crippen LogP contribution >= 0.6 is 0 Å². The van der Waals surface area contributed by atoms with Gasteiger partial charge >= 0.3 is 0 Å². The van der Waals surface area contributed by atoms with Gasteiger partial charge < -0.3 is 10.6 Å². The molecule has 1 rings (SSSR count). The molecule has 1 unspecified atom stereocenters. The van der Waals surface area contributed by atoms with Gasteiger partial charge in [0, 0.05) is 12.1 Å². The van der Waals surface area contributed by atoms with Crippen LogP contribution in [0.15, 0.2) is 24.3 Å².